The zero-order valence-electron chi connectivity index (χ0n) is 16.9. The Labute approximate surface area is 174 Å². The Morgan fingerprint density at radius 1 is 1.20 bits per heavy atom. The second kappa shape index (κ2) is 9.21. The van der Waals surface area contributed by atoms with Gasteiger partial charge >= 0.3 is 0 Å². The van der Waals surface area contributed by atoms with Crippen molar-refractivity contribution in [2.45, 2.75) is 13.2 Å². The largest absolute Gasteiger partial charge is 0.405 e. The van der Waals surface area contributed by atoms with Crippen molar-refractivity contribution in [2.75, 3.05) is 14.1 Å². The highest BCUT2D eigenvalue weighted by atomic mass is 16.5. The maximum Gasteiger partial charge on any atom is 0.294 e. The molecule has 1 unspecified atom stereocenters. The minimum Gasteiger partial charge on any atom is -0.405 e. The molecule has 0 aliphatic rings. The van der Waals surface area contributed by atoms with Gasteiger partial charge in [-0.3, -0.25) is 20.3 Å². The number of benzene rings is 1. The van der Waals surface area contributed by atoms with Gasteiger partial charge in [-0.2, -0.15) is 4.99 Å². The van der Waals surface area contributed by atoms with Crippen molar-refractivity contribution in [3.63, 3.8) is 0 Å². The fourth-order valence-corrected chi connectivity index (χ4v) is 2.65. The Morgan fingerprint density at radius 2 is 1.93 bits per heavy atom. The topological polar surface area (TPSA) is 134 Å². The summed E-state index contributed by atoms with van der Waals surface area (Å²) in [4.78, 5) is 18.5. The van der Waals surface area contributed by atoms with Crippen LogP contribution in [0.3, 0.4) is 0 Å². The van der Waals surface area contributed by atoms with E-state index in [1.54, 1.807) is 50.4 Å². The molecule has 0 saturated heterocycles. The van der Waals surface area contributed by atoms with Crippen molar-refractivity contribution in [3.8, 4) is 11.3 Å². The van der Waals surface area contributed by atoms with Gasteiger partial charge in [-0.25, -0.2) is 4.98 Å². The van der Waals surface area contributed by atoms with Crippen LogP contribution in [0.4, 0.5) is 5.69 Å². The smallest absolute Gasteiger partial charge is 0.294 e. The third kappa shape index (κ3) is 5.02. The number of pyridine rings is 1. The average molecular weight is 405 g/mol. The molecule has 9 heteroatoms. The van der Waals surface area contributed by atoms with E-state index in [0.717, 1.165) is 11.1 Å². The van der Waals surface area contributed by atoms with Gasteiger partial charge in [0.25, 0.3) is 6.02 Å². The number of nitrogens with one attached hydrogen (secondary N) is 1. The molecule has 154 valence electrons. The van der Waals surface area contributed by atoms with Crippen LogP contribution in [0, 0.1) is 12.3 Å². The van der Waals surface area contributed by atoms with Crippen molar-refractivity contribution in [3.05, 3.63) is 71.9 Å². The van der Waals surface area contributed by atoms with Gasteiger partial charge < -0.3 is 15.6 Å². The van der Waals surface area contributed by atoms with Crippen molar-refractivity contribution in [1.82, 2.24) is 19.9 Å². The summed E-state index contributed by atoms with van der Waals surface area (Å²) >= 11 is 0. The van der Waals surface area contributed by atoms with Crippen LogP contribution < -0.4 is 5.73 Å². The normalized spacial score (nSPS) is 12.6. The van der Waals surface area contributed by atoms with Crippen LogP contribution in [0.15, 0.2) is 60.0 Å². The van der Waals surface area contributed by atoms with Gasteiger partial charge in [-0.05, 0) is 38.7 Å². The van der Waals surface area contributed by atoms with E-state index in [1.807, 2.05) is 24.3 Å². The summed E-state index contributed by atoms with van der Waals surface area (Å²) in [5.74, 6) is -0.258. The maximum atomic E-state index is 10.1. The van der Waals surface area contributed by atoms with Crippen LogP contribution >= 0.6 is 0 Å². The number of aliphatic hydroxyl groups excluding tert-OH is 1. The molecule has 2 heterocycles. The number of hydrogen-bond acceptors (Lipinski definition) is 8. The van der Waals surface area contributed by atoms with E-state index in [-0.39, 0.29) is 17.6 Å². The second-order valence-corrected chi connectivity index (χ2v) is 6.74. The summed E-state index contributed by atoms with van der Waals surface area (Å²) in [5, 5.41) is 18.4. The first-order chi connectivity index (χ1) is 14.3. The Morgan fingerprint density at radius 3 is 2.57 bits per heavy atom. The molecule has 1 aromatic carbocycles. The molecule has 0 bridgehead atoms. The highest BCUT2D eigenvalue weighted by molar-refractivity contribution is 5.99. The standard InChI is InChI=1S/C21H23N7O2/c1-13-18(19(22)30-21(23)26-16-5-4-10-24-11-16)27-17(12-25-13)14-6-8-15(9-7-14)20(29)28(2)3/h4-12,20,22,29H,1-3H3,(H2,23,26). The van der Waals surface area contributed by atoms with E-state index in [9.17, 15) is 5.11 Å². The molecule has 0 saturated carbocycles. The van der Waals surface area contributed by atoms with Gasteiger partial charge in [-0.15, -0.1) is 0 Å². The minimum absolute atomic E-state index is 0.193. The highest BCUT2D eigenvalue weighted by Gasteiger charge is 2.15. The lowest BCUT2D eigenvalue weighted by molar-refractivity contribution is 0.0395. The molecule has 3 rings (SSSR count). The first-order valence-corrected chi connectivity index (χ1v) is 9.14. The molecular weight excluding hydrogens is 382 g/mol. The van der Waals surface area contributed by atoms with Crippen molar-refractivity contribution in [1.29, 1.82) is 5.41 Å². The van der Waals surface area contributed by atoms with E-state index in [4.69, 9.17) is 15.9 Å². The van der Waals surface area contributed by atoms with E-state index >= 15 is 0 Å². The summed E-state index contributed by atoms with van der Waals surface area (Å²) in [5.41, 5.74) is 9.22. The zero-order chi connectivity index (χ0) is 21.7. The number of aliphatic hydroxyl groups is 1. The summed E-state index contributed by atoms with van der Waals surface area (Å²) in [7, 11) is 3.59. The lowest BCUT2D eigenvalue weighted by Crippen LogP contribution is -2.22. The maximum absolute atomic E-state index is 10.1. The molecule has 30 heavy (non-hydrogen) atoms. The molecule has 0 aliphatic carbocycles. The van der Waals surface area contributed by atoms with Gasteiger partial charge in [0.2, 0.25) is 5.90 Å². The van der Waals surface area contributed by atoms with Gasteiger partial charge in [0, 0.05) is 11.8 Å². The first-order valence-electron chi connectivity index (χ1n) is 9.14. The Hall–Kier alpha value is -3.69. The molecule has 0 amide bonds. The number of rotatable bonds is 5. The fraction of sp³-hybridized carbons (Fsp3) is 0.190. The first kappa shape index (κ1) is 21.0. The molecule has 3 aromatic rings. The van der Waals surface area contributed by atoms with Crippen LogP contribution in [0.2, 0.25) is 0 Å². The van der Waals surface area contributed by atoms with Gasteiger partial charge in [0.1, 0.15) is 11.9 Å². The second-order valence-electron chi connectivity index (χ2n) is 6.74. The predicted octanol–water partition coefficient (Wildman–Crippen LogP) is 2.39. The summed E-state index contributed by atoms with van der Waals surface area (Å²) in [6.07, 6.45) is 4.08. The summed E-state index contributed by atoms with van der Waals surface area (Å²) in [6.45, 7) is 1.73. The number of nitrogens with two attached hydrogens (primary N) is 1. The Kier molecular flexibility index (Phi) is 6.45. The number of hydrogen-bond donors (Lipinski definition) is 3. The lowest BCUT2D eigenvalue weighted by Gasteiger charge is -2.18. The molecule has 2 aromatic heterocycles. The number of aryl methyl sites for hydroxylation is 1. The number of nitrogens with zero attached hydrogens (tertiary/aromatic N) is 5. The summed E-state index contributed by atoms with van der Waals surface area (Å²) in [6, 6.07) is 10.6. The van der Waals surface area contributed by atoms with Crippen LogP contribution in [0.25, 0.3) is 11.3 Å². The van der Waals surface area contributed by atoms with Crippen LogP contribution in [-0.4, -0.2) is 51.0 Å². The van der Waals surface area contributed by atoms with E-state index in [1.165, 1.54) is 6.20 Å². The third-order valence-electron chi connectivity index (χ3n) is 4.26. The van der Waals surface area contributed by atoms with Crippen molar-refractivity contribution < 1.29 is 9.84 Å². The van der Waals surface area contributed by atoms with Crippen LogP contribution in [0.5, 0.6) is 0 Å². The molecule has 0 fully saturated rings. The molecule has 0 spiro atoms. The van der Waals surface area contributed by atoms with E-state index < -0.39 is 6.23 Å². The van der Waals surface area contributed by atoms with Crippen molar-refractivity contribution >= 4 is 17.6 Å². The monoisotopic (exact) mass is 405 g/mol. The number of amidine groups is 1. The number of aromatic nitrogens is 3. The lowest BCUT2D eigenvalue weighted by atomic mass is 10.1. The fourth-order valence-electron chi connectivity index (χ4n) is 2.65. The number of ether oxygens (including phenoxy) is 1. The Bertz CT molecular complexity index is 1050. The molecule has 4 N–H and O–H groups in total. The quantitative estimate of drug-likeness (QED) is 0.337. The molecule has 9 nitrogen and oxygen atoms in total. The van der Waals surface area contributed by atoms with Crippen molar-refractivity contribution in [2.24, 2.45) is 10.7 Å². The van der Waals surface area contributed by atoms with Gasteiger partial charge in [0.05, 0.1) is 29.5 Å². The van der Waals surface area contributed by atoms with E-state index in [0.29, 0.717) is 17.1 Å². The van der Waals surface area contributed by atoms with Gasteiger partial charge in [0.15, 0.2) is 0 Å². The van der Waals surface area contributed by atoms with Gasteiger partial charge in [-0.1, -0.05) is 24.3 Å². The van der Waals surface area contributed by atoms with Crippen LogP contribution in [0.1, 0.15) is 23.2 Å². The molecular formula is C21H23N7O2. The average Bonchev–Trinajstić information content (AvgIpc) is 2.74. The molecule has 1 atom stereocenters. The molecule has 0 radical (unpaired) electrons. The third-order valence-corrected chi connectivity index (χ3v) is 4.26. The minimum atomic E-state index is -0.692. The Balaban J connectivity index is 1.81. The summed E-state index contributed by atoms with van der Waals surface area (Å²) < 4.78 is 5.33. The zero-order valence-corrected chi connectivity index (χ0v) is 16.9. The van der Waals surface area contributed by atoms with E-state index in [2.05, 4.69) is 19.9 Å². The highest BCUT2D eigenvalue weighted by Crippen LogP contribution is 2.22. The van der Waals surface area contributed by atoms with Crippen LogP contribution in [-0.2, 0) is 4.74 Å². The number of aliphatic imine (C=N–C) groups is 1. The SMILES string of the molecule is Cc1ncc(-c2ccc(C(O)N(C)C)cc2)nc1C(=N)OC(N)=Nc1cccnc1. The molecule has 0 aliphatic heterocycles. The predicted molar refractivity (Wildman–Crippen MR) is 114 cm³/mol.